The molecule has 1 amide bonds. The van der Waals surface area contributed by atoms with Crippen molar-refractivity contribution in [2.45, 2.75) is 52.2 Å². The van der Waals surface area contributed by atoms with Crippen LogP contribution >= 0.6 is 11.3 Å². The van der Waals surface area contributed by atoms with Crippen LogP contribution in [-0.4, -0.2) is 40.0 Å². The standard InChI is InChI=1S/C23H29N5O2S/c1-23(2,3)30-22(29)24-15-17-14-18(27-26-17)19-20(28-12-8-5-9-13-28)25-21(31-19)16-10-6-4-7-11-16/h4,6-7,10-11,14H,5,8-9,12-13,15H2,1-3H3,(H,24,29)(H,26,27). The zero-order chi connectivity index (χ0) is 21.8. The fourth-order valence-electron chi connectivity index (χ4n) is 3.55. The number of hydrogen-bond acceptors (Lipinski definition) is 6. The summed E-state index contributed by atoms with van der Waals surface area (Å²) in [5.41, 5.74) is 2.25. The highest BCUT2D eigenvalue weighted by molar-refractivity contribution is 7.19. The van der Waals surface area contributed by atoms with Gasteiger partial charge in [0, 0.05) is 18.7 Å². The topological polar surface area (TPSA) is 83.1 Å². The van der Waals surface area contributed by atoms with E-state index < -0.39 is 11.7 Å². The molecule has 0 atom stereocenters. The van der Waals surface area contributed by atoms with E-state index in [9.17, 15) is 4.79 Å². The summed E-state index contributed by atoms with van der Waals surface area (Å²) in [5.74, 6) is 1.00. The Bertz CT molecular complexity index is 1020. The molecule has 7 nitrogen and oxygen atoms in total. The van der Waals surface area contributed by atoms with Crippen molar-refractivity contribution in [1.29, 1.82) is 0 Å². The second-order valence-electron chi connectivity index (χ2n) is 8.72. The second kappa shape index (κ2) is 9.09. The van der Waals surface area contributed by atoms with Gasteiger partial charge >= 0.3 is 6.09 Å². The highest BCUT2D eigenvalue weighted by Gasteiger charge is 2.23. The predicted molar refractivity (Wildman–Crippen MR) is 124 cm³/mol. The Morgan fingerprint density at radius 1 is 1.19 bits per heavy atom. The summed E-state index contributed by atoms with van der Waals surface area (Å²) in [6.45, 7) is 7.89. The number of ether oxygens (including phenoxy) is 1. The van der Waals surface area contributed by atoms with Gasteiger partial charge < -0.3 is 15.0 Å². The lowest BCUT2D eigenvalue weighted by Crippen LogP contribution is -2.32. The Morgan fingerprint density at radius 2 is 1.94 bits per heavy atom. The SMILES string of the molecule is CC(C)(C)OC(=O)NCc1cc(-c2sc(-c3ccccc3)nc2N2CCCCC2)n[nH]1. The van der Waals surface area contributed by atoms with Crippen LogP contribution in [0, 0.1) is 0 Å². The van der Waals surface area contributed by atoms with Crippen LogP contribution in [-0.2, 0) is 11.3 Å². The van der Waals surface area contributed by atoms with E-state index in [2.05, 4.69) is 32.5 Å². The van der Waals surface area contributed by atoms with E-state index in [4.69, 9.17) is 9.72 Å². The largest absolute Gasteiger partial charge is 0.444 e. The third kappa shape index (κ3) is 5.44. The van der Waals surface area contributed by atoms with E-state index in [1.807, 2.05) is 45.0 Å². The van der Waals surface area contributed by atoms with Crippen LogP contribution in [0.15, 0.2) is 36.4 Å². The third-order valence-corrected chi connectivity index (χ3v) is 6.09. The maximum Gasteiger partial charge on any atom is 0.407 e. The van der Waals surface area contributed by atoms with Crippen LogP contribution in [0.25, 0.3) is 21.1 Å². The van der Waals surface area contributed by atoms with Crippen molar-refractivity contribution in [3.63, 3.8) is 0 Å². The van der Waals surface area contributed by atoms with E-state index >= 15 is 0 Å². The lowest BCUT2D eigenvalue weighted by atomic mass is 10.1. The summed E-state index contributed by atoms with van der Waals surface area (Å²) in [4.78, 5) is 20.4. The lowest BCUT2D eigenvalue weighted by Gasteiger charge is -2.27. The molecule has 0 spiro atoms. The molecule has 3 heterocycles. The molecular formula is C23H29N5O2S. The maximum atomic E-state index is 11.9. The highest BCUT2D eigenvalue weighted by atomic mass is 32.1. The molecule has 2 N–H and O–H groups in total. The monoisotopic (exact) mass is 439 g/mol. The average Bonchev–Trinajstić information content (AvgIpc) is 3.39. The van der Waals surface area contributed by atoms with Crippen LogP contribution < -0.4 is 10.2 Å². The normalized spacial score (nSPS) is 14.5. The average molecular weight is 440 g/mol. The molecule has 1 aromatic carbocycles. The van der Waals surface area contributed by atoms with Gasteiger partial charge in [0.2, 0.25) is 0 Å². The minimum atomic E-state index is -0.525. The number of hydrogen-bond donors (Lipinski definition) is 2. The molecule has 0 unspecified atom stereocenters. The molecule has 1 aliphatic rings. The Kier molecular flexibility index (Phi) is 6.27. The van der Waals surface area contributed by atoms with Gasteiger partial charge in [0.25, 0.3) is 0 Å². The number of carbonyl (C=O) groups excluding carboxylic acids is 1. The molecule has 0 bridgehead atoms. The second-order valence-corrected chi connectivity index (χ2v) is 9.72. The summed E-state index contributed by atoms with van der Waals surface area (Å²) >= 11 is 1.66. The van der Waals surface area contributed by atoms with Crippen LogP contribution in [0.1, 0.15) is 45.7 Å². The Balaban J connectivity index is 1.57. The molecule has 0 saturated carbocycles. The number of H-pyrrole nitrogens is 1. The van der Waals surface area contributed by atoms with Crippen LogP contribution in [0.2, 0.25) is 0 Å². The van der Waals surface area contributed by atoms with Gasteiger partial charge in [0.05, 0.1) is 17.1 Å². The van der Waals surface area contributed by atoms with Gasteiger partial charge in [-0.3, -0.25) is 5.10 Å². The molecular weight excluding hydrogens is 410 g/mol. The minimum Gasteiger partial charge on any atom is -0.444 e. The third-order valence-electron chi connectivity index (χ3n) is 4.97. The number of nitrogens with one attached hydrogen (secondary N) is 2. The Hall–Kier alpha value is -2.87. The van der Waals surface area contributed by atoms with Crippen molar-refractivity contribution in [3.8, 4) is 21.1 Å². The summed E-state index contributed by atoms with van der Waals surface area (Å²) in [5, 5.41) is 11.3. The predicted octanol–water partition coefficient (Wildman–Crippen LogP) is 5.22. The van der Waals surface area contributed by atoms with Gasteiger partial charge in [0.15, 0.2) is 0 Å². The number of thiazole rings is 1. The Morgan fingerprint density at radius 3 is 2.65 bits per heavy atom. The van der Waals surface area contributed by atoms with Gasteiger partial charge in [-0.2, -0.15) is 5.10 Å². The van der Waals surface area contributed by atoms with Crippen molar-refractivity contribution < 1.29 is 9.53 Å². The lowest BCUT2D eigenvalue weighted by molar-refractivity contribution is 0.0523. The fraction of sp³-hybridized carbons (Fsp3) is 0.435. The van der Waals surface area contributed by atoms with Gasteiger partial charge in [-0.25, -0.2) is 9.78 Å². The van der Waals surface area contributed by atoms with Crippen molar-refractivity contribution in [2.75, 3.05) is 18.0 Å². The number of anilines is 1. The smallest absolute Gasteiger partial charge is 0.407 e. The summed E-state index contributed by atoms with van der Waals surface area (Å²) in [6, 6.07) is 12.2. The molecule has 164 valence electrons. The van der Waals surface area contributed by atoms with Crippen molar-refractivity contribution in [3.05, 3.63) is 42.1 Å². The first-order chi connectivity index (χ1) is 14.9. The number of aromatic nitrogens is 3. The van der Waals surface area contributed by atoms with E-state index in [-0.39, 0.29) is 0 Å². The van der Waals surface area contributed by atoms with Crippen LogP contribution in [0.5, 0.6) is 0 Å². The molecule has 1 aliphatic heterocycles. The molecule has 3 aromatic rings. The quantitative estimate of drug-likeness (QED) is 0.570. The summed E-state index contributed by atoms with van der Waals surface area (Å²) in [6.07, 6.45) is 3.19. The molecule has 0 aliphatic carbocycles. The number of aromatic amines is 1. The molecule has 8 heteroatoms. The number of amides is 1. The molecule has 2 aromatic heterocycles. The zero-order valence-corrected chi connectivity index (χ0v) is 19.1. The van der Waals surface area contributed by atoms with Gasteiger partial charge in [-0.05, 0) is 46.1 Å². The number of alkyl carbamates (subject to hydrolysis) is 1. The zero-order valence-electron chi connectivity index (χ0n) is 18.3. The number of rotatable bonds is 5. The van der Waals surface area contributed by atoms with Crippen molar-refractivity contribution >= 4 is 23.2 Å². The van der Waals surface area contributed by atoms with Gasteiger partial charge in [-0.1, -0.05) is 30.3 Å². The van der Waals surface area contributed by atoms with Gasteiger partial charge in [0.1, 0.15) is 22.1 Å². The first-order valence-corrected chi connectivity index (χ1v) is 11.5. The minimum absolute atomic E-state index is 0.325. The van der Waals surface area contributed by atoms with Crippen molar-refractivity contribution in [2.24, 2.45) is 0 Å². The number of piperidine rings is 1. The van der Waals surface area contributed by atoms with E-state index in [0.29, 0.717) is 6.54 Å². The van der Waals surface area contributed by atoms with Crippen molar-refractivity contribution in [1.82, 2.24) is 20.5 Å². The van der Waals surface area contributed by atoms with Crippen LogP contribution in [0.3, 0.4) is 0 Å². The van der Waals surface area contributed by atoms with E-state index in [1.54, 1.807) is 11.3 Å². The van der Waals surface area contributed by atoms with Crippen LogP contribution in [0.4, 0.5) is 10.6 Å². The molecule has 1 fully saturated rings. The summed E-state index contributed by atoms with van der Waals surface area (Å²) in [7, 11) is 0. The first-order valence-electron chi connectivity index (χ1n) is 10.7. The molecule has 31 heavy (non-hydrogen) atoms. The Labute approximate surface area is 186 Å². The van der Waals surface area contributed by atoms with E-state index in [1.165, 1.54) is 19.3 Å². The fourth-order valence-corrected chi connectivity index (χ4v) is 4.61. The molecule has 0 radical (unpaired) electrons. The maximum absolute atomic E-state index is 11.9. The number of benzene rings is 1. The van der Waals surface area contributed by atoms with Gasteiger partial charge in [-0.15, -0.1) is 11.3 Å². The molecule has 4 rings (SSSR count). The summed E-state index contributed by atoms with van der Waals surface area (Å²) < 4.78 is 5.30. The van der Waals surface area contributed by atoms with E-state index in [0.717, 1.165) is 45.7 Å². The number of nitrogens with zero attached hydrogens (tertiary/aromatic N) is 3. The first kappa shape index (κ1) is 21.4. The molecule has 1 saturated heterocycles. The number of carbonyl (C=O) groups is 1. The highest BCUT2D eigenvalue weighted by Crippen LogP contribution is 2.40.